The summed E-state index contributed by atoms with van der Waals surface area (Å²) in [5.41, 5.74) is 6.48. The van der Waals surface area contributed by atoms with Gasteiger partial charge in [-0.15, -0.1) is 0 Å². The van der Waals surface area contributed by atoms with E-state index in [1.807, 2.05) is 18.2 Å². The fourth-order valence-electron chi connectivity index (χ4n) is 1.58. The lowest BCUT2D eigenvalue weighted by Crippen LogP contribution is -2.12. The quantitative estimate of drug-likeness (QED) is 0.680. The van der Waals surface area contributed by atoms with Crippen LogP contribution in [-0.4, -0.2) is 31.2 Å². The highest BCUT2D eigenvalue weighted by atomic mass is 79.9. The number of thiazole rings is 1. The van der Waals surface area contributed by atoms with Crippen molar-refractivity contribution in [2.75, 3.05) is 36.6 Å². The van der Waals surface area contributed by atoms with Crippen molar-refractivity contribution < 1.29 is 9.53 Å². The molecule has 4 N–H and O–H groups in total. The lowest BCUT2D eigenvalue weighted by molar-refractivity contribution is 0.103. The maximum Gasteiger partial charge on any atom is 0.269 e. The normalized spacial score (nSPS) is 10.4. The third kappa shape index (κ3) is 4.42. The van der Waals surface area contributed by atoms with Crippen LogP contribution in [0.1, 0.15) is 9.67 Å². The van der Waals surface area contributed by atoms with Crippen LogP contribution in [-0.2, 0) is 4.74 Å². The number of carbonyl (C=O) groups excluding carboxylic acids is 1. The first kappa shape index (κ1) is 15.7. The number of carbonyl (C=O) groups is 1. The third-order valence-electron chi connectivity index (χ3n) is 2.52. The molecule has 0 saturated carbocycles. The van der Waals surface area contributed by atoms with Gasteiger partial charge in [0.25, 0.3) is 5.91 Å². The Labute approximate surface area is 134 Å². The number of ether oxygens (including phenoxy) is 1. The van der Waals surface area contributed by atoms with Crippen LogP contribution < -0.4 is 16.4 Å². The first-order valence-electron chi connectivity index (χ1n) is 6.16. The minimum absolute atomic E-state index is 0.215. The molecular weight excluding hydrogens is 356 g/mol. The van der Waals surface area contributed by atoms with Crippen molar-refractivity contribution in [2.45, 2.75) is 0 Å². The van der Waals surface area contributed by atoms with Gasteiger partial charge in [0, 0.05) is 23.8 Å². The lowest BCUT2D eigenvalue weighted by Gasteiger charge is -2.04. The predicted octanol–water partition coefficient (Wildman–Crippen LogP) is 2.80. The van der Waals surface area contributed by atoms with Crippen LogP contribution in [0, 0.1) is 0 Å². The van der Waals surface area contributed by atoms with Crippen LogP contribution in [0.15, 0.2) is 28.7 Å². The van der Waals surface area contributed by atoms with Gasteiger partial charge in [0.1, 0.15) is 10.7 Å². The summed E-state index contributed by atoms with van der Waals surface area (Å²) < 4.78 is 5.83. The highest BCUT2D eigenvalue weighted by Gasteiger charge is 2.16. The van der Waals surface area contributed by atoms with E-state index in [-0.39, 0.29) is 11.7 Å². The molecule has 1 aromatic heterocycles. The molecule has 0 aliphatic heterocycles. The van der Waals surface area contributed by atoms with Crippen LogP contribution in [0.3, 0.4) is 0 Å². The zero-order chi connectivity index (χ0) is 15.2. The monoisotopic (exact) mass is 370 g/mol. The minimum Gasteiger partial charge on any atom is -0.383 e. The fraction of sp³-hybridized carbons (Fsp3) is 0.231. The summed E-state index contributed by atoms with van der Waals surface area (Å²) in [5, 5.41) is 6.44. The van der Waals surface area contributed by atoms with Crippen molar-refractivity contribution in [3.8, 4) is 0 Å². The van der Waals surface area contributed by atoms with E-state index in [0.717, 1.165) is 4.47 Å². The summed E-state index contributed by atoms with van der Waals surface area (Å²) in [6, 6.07) is 7.34. The number of methoxy groups -OCH3 is 1. The Morgan fingerprint density at radius 2 is 2.33 bits per heavy atom. The van der Waals surface area contributed by atoms with E-state index >= 15 is 0 Å². The molecule has 21 heavy (non-hydrogen) atoms. The number of hydrogen-bond donors (Lipinski definition) is 3. The van der Waals surface area contributed by atoms with Gasteiger partial charge in [-0.2, -0.15) is 0 Å². The number of nitrogen functional groups attached to an aromatic ring is 1. The smallest absolute Gasteiger partial charge is 0.269 e. The molecular formula is C13H15BrN4O2S. The van der Waals surface area contributed by atoms with Crippen molar-refractivity contribution in [1.29, 1.82) is 0 Å². The van der Waals surface area contributed by atoms with Gasteiger partial charge in [-0.1, -0.05) is 33.3 Å². The molecule has 0 fully saturated rings. The Morgan fingerprint density at radius 1 is 1.52 bits per heavy atom. The molecule has 0 spiro atoms. The number of nitrogens with zero attached hydrogens (tertiary/aromatic N) is 1. The number of nitrogens with one attached hydrogen (secondary N) is 2. The predicted molar refractivity (Wildman–Crippen MR) is 89.0 cm³/mol. The van der Waals surface area contributed by atoms with Crippen LogP contribution in [0.5, 0.6) is 0 Å². The number of benzene rings is 1. The molecule has 6 nitrogen and oxygen atoms in total. The van der Waals surface area contributed by atoms with Gasteiger partial charge < -0.3 is 21.1 Å². The Bertz CT molecular complexity index is 632. The summed E-state index contributed by atoms with van der Waals surface area (Å²) in [6.45, 7) is 1.16. The van der Waals surface area contributed by atoms with Crippen molar-refractivity contribution >= 4 is 49.8 Å². The number of nitrogens with two attached hydrogens (primary N) is 1. The number of amides is 1. The summed E-state index contributed by atoms with van der Waals surface area (Å²) in [7, 11) is 1.62. The first-order chi connectivity index (χ1) is 10.1. The van der Waals surface area contributed by atoms with Crippen LogP contribution in [0.2, 0.25) is 0 Å². The molecule has 0 saturated heterocycles. The highest BCUT2D eigenvalue weighted by molar-refractivity contribution is 9.10. The molecule has 0 unspecified atom stereocenters. The average Bonchev–Trinajstić information content (AvgIpc) is 2.80. The molecule has 0 atom stereocenters. The first-order valence-corrected chi connectivity index (χ1v) is 7.77. The molecule has 1 amide bonds. The second-order valence-electron chi connectivity index (χ2n) is 4.12. The number of anilines is 3. The van der Waals surface area contributed by atoms with Crippen LogP contribution >= 0.6 is 27.3 Å². The molecule has 2 rings (SSSR count). The molecule has 8 heteroatoms. The largest absolute Gasteiger partial charge is 0.383 e. The highest BCUT2D eigenvalue weighted by Crippen LogP contribution is 2.26. The maximum atomic E-state index is 12.2. The van der Waals surface area contributed by atoms with Gasteiger partial charge in [-0.25, -0.2) is 4.98 Å². The van der Waals surface area contributed by atoms with Gasteiger partial charge in [0.2, 0.25) is 0 Å². The molecule has 0 bridgehead atoms. The van der Waals surface area contributed by atoms with E-state index in [9.17, 15) is 4.79 Å². The topological polar surface area (TPSA) is 89.3 Å². The zero-order valence-electron chi connectivity index (χ0n) is 11.4. The number of aromatic nitrogens is 1. The second kappa shape index (κ2) is 7.39. The van der Waals surface area contributed by atoms with E-state index in [1.165, 1.54) is 11.3 Å². The third-order valence-corrected chi connectivity index (χ3v) is 4.05. The van der Waals surface area contributed by atoms with Crippen molar-refractivity contribution in [3.63, 3.8) is 0 Å². The van der Waals surface area contributed by atoms with Gasteiger partial charge in [0.05, 0.1) is 6.61 Å². The van der Waals surface area contributed by atoms with Gasteiger partial charge in [-0.05, 0) is 18.2 Å². The maximum absolute atomic E-state index is 12.2. The minimum atomic E-state index is -0.275. The lowest BCUT2D eigenvalue weighted by atomic mass is 10.3. The van der Waals surface area contributed by atoms with E-state index < -0.39 is 0 Å². The summed E-state index contributed by atoms with van der Waals surface area (Å²) in [6.07, 6.45) is 0. The Kier molecular flexibility index (Phi) is 5.54. The average molecular weight is 371 g/mol. The standard InChI is InChI=1S/C13H15BrN4O2S/c1-20-6-5-16-13-18-11(15)10(21-13)12(19)17-9-4-2-3-8(14)7-9/h2-4,7H,5-6,15H2,1H3,(H,16,18)(H,17,19). The van der Waals surface area contributed by atoms with E-state index in [4.69, 9.17) is 10.5 Å². The second-order valence-corrected chi connectivity index (χ2v) is 6.03. The van der Waals surface area contributed by atoms with Crippen LogP contribution in [0.4, 0.5) is 16.6 Å². The van der Waals surface area contributed by atoms with Gasteiger partial charge in [0.15, 0.2) is 5.13 Å². The molecule has 0 aliphatic rings. The molecule has 112 valence electrons. The number of rotatable bonds is 6. The summed E-state index contributed by atoms with van der Waals surface area (Å²) >= 11 is 4.57. The van der Waals surface area contributed by atoms with Gasteiger partial charge >= 0.3 is 0 Å². The van der Waals surface area contributed by atoms with E-state index in [2.05, 4.69) is 31.5 Å². The van der Waals surface area contributed by atoms with Crippen LogP contribution in [0.25, 0.3) is 0 Å². The molecule has 1 heterocycles. The molecule has 1 aromatic carbocycles. The summed E-state index contributed by atoms with van der Waals surface area (Å²) in [5.74, 6) is -0.0599. The van der Waals surface area contributed by atoms with E-state index in [1.54, 1.807) is 13.2 Å². The van der Waals surface area contributed by atoms with Crippen molar-refractivity contribution in [3.05, 3.63) is 33.6 Å². The zero-order valence-corrected chi connectivity index (χ0v) is 13.8. The molecule has 0 aliphatic carbocycles. The Hall–Kier alpha value is -1.64. The SMILES string of the molecule is COCCNc1nc(N)c(C(=O)Nc2cccc(Br)c2)s1. The molecule has 0 radical (unpaired) electrons. The Morgan fingerprint density at radius 3 is 3.05 bits per heavy atom. The molecule has 2 aromatic rings. The fourth-order valence-corrected chi connectivity index (χ4v) is 2.79. The summed E-state index contributed by atoms with van der Waals surface area (Å²) in [4.78, 5) is 16.7. The van der Waals surface area contributed by atoms with Crippen molar-refractivity contribution in [1.82, 2.24) is 4.98 Å². The van der Waals surface area contributed by atoms with Crippen molar-refractivity contribution in [2.24, 2.45) is 0 Å². The van der Waals surface area contributed by atoms with E-state index in [0.29, 0.717) is 28.8 Å². The number of halogens is 1. The van der Waals surface area contributed by atoms with Gasteiger partial charge in [-0.3, -0.25) is 4.79 Å². The Balaban J connectivity index is 2.05. The number of hydrogen-bond acceptors (Lipinski definition) is 6.